The molecule has 2 aromatic carbocycles. The van der Waals surface area contributed by atoms with E-state index < -0.39 is 0 Å². The van der Waals surface area contributed by atoms with Crippen LogP contribution < -0.4 is 10.6 Å². The van der Waals surface area contributed by atoms with Crippen molar-refractivity contribution in [2.24, 2.45) is 11.8 Å². The second-order valence-electron chi connectivity index (χ2n) is 6.68. The fourth-order valence-corrected chi connectivity index (χ4v) is 3.58. The Morgan fingerprint density at radius 1 is 1.12 bits per heavy atom. The first-order valence-corrected chi connectivity index (χ1v) is 10.1. The van der Waals surface area contributed by atoms with Crippen LogP contribution >= 0.6 is 11.8 Å². The fraction of sp³-hybridized carbons (Fsp3) is 0.333. The monoisotopic (exact) mass is 368 g/mol. The Hall–Kier alpha value is -2.27. The number of carbonyl (C=O) groups is 2. The molecule has 1 fully saturated rings. The summed E-state index contributed by atoms with van der Waals surface area (Å²) in [5.74, 6) is 2.33. The zero-order chi connectivity index (χ0) is 18.4. The fourth-order valence-electron chi connectivity index (χ4n) is 2.76. The van der Waals surface area contributed by atoms with Crippen LogP contribution in [-0.4, -0.2) is 24.1 Å². The summed E-state index contributed by atoms with van der Waals surface area (Å²) in [4.78, 5) is 24.3. The first-order chi connectivity index (χ1) is 12.6. The lowest BCUT2D eigenvalue weighted by Gasteiger charge is -2.08. The summed E-state index contributed by atoms with van der Waals surface area (Å²) >= 11 is 1.79. The van der Waals surface area contributed by atoms with Crippen LogP contribution in [0.25, 0.3) is 0 Å². The maximum atomic E-state index is 12.3. The smallest absolute Gasteiger partial charge is 0.251 e. The molecule has 0 aliphatic heterocycles. The van der Waals surface area contributed by atoms with Gasteiger partial charge in [0, 0.05) is 35.2 Å². The molecule has 4 nitrogen and oxygen atoms in total. The van der Waals surface area contributed by atoms with Crippen LogP contribution in [-0.2, 0) is 10.5 Å². The molecule has 2 amide bonds. The van der Waals surface area contributed by atoms with E-state index in [9.17, 15) is 9.59 Å². The Balaban J connectivity index is 1.41. The minimum Gasteiger partial charge on any atom is -0.351 e. The Morgan fingerprint density at radius 3 is 2.62 bits per heavy atom. The minimum atomic E-state index is -0.110. The largest absolute Gasteiger partial charge is 0.351 e. The minimum absolute atomic E-state index is 0.0485. The third-order valence-electron chi connectivity index (χ3n) is 4.48. The van der Waals surface area contributed by atoms with Gasteiger partial charge in [-0.05, 0) is 36.1 Å². The second-order valence-corrected chi connectivity index (χ2v) is 7.79. The average Bonchev–Trinajstić information content (AvgIpc) is 3.39. The van der Waals surface area contributed by atoms with Gasteiger partial charge in [-0.15, -0.1) is 0 Å². The summed E-state index contributed by atoms with van der Waals surface area (Å²) in [6.07, 6.45) is 0.951. The van der Waals surface area contributed by atoms with Crippen molar-refractivity contribution in [3.8, 4) is 0 Å². The maximum Gasteiger partial charge on any atom is 0.251 e. The predicted molar refractivity (Wildman–Crippen MR) is 107 cm³/mol. The SMILES string of the molecule is C[C@@H]1C[C@@H]1C(=O)Nc1cccc(C(=O)NCCSCc2ccccc2)c1. The number of anilines is 1. The quantitative estimate of drug-likeness (QED) is 0.694. The molecule has 0 unspecified atom stereocenters. The molecule has 0 spiro atoms. The zero-order valence-corrected chi connectivity index (χ0v) is 15.7. The van der Waals surface area contributed by atoms with Gasteiger partial charge >= 0.3 is 0 Å². The van der Waals surface area contributed by atoms with Crippen molar-refractivity contribution >= 4 is 29.3 Å². The van der Waals surface area contributed by atoms with Crippen molar-refractivity contribution in [2.45, 2.75) is 19.1 Å². The van der Waals surface area contributed by atoms with Crippen LogP contribution in [0.2, 0.25) is 0 Å². The average molecular weight is 369 g/mol. The van der Waals surface area contributed by atoms with Crippen LogP contribution in [0.1, 0.15) is 29.3 Å². The van der Waals surface area contributed by atoms with Crippen molar-refractivity contribution in [3.63, 3.8) is 0 Å². The molecule has 136 valence electrons. The summed E-state index contributed by atoms with van der Waals surface area (Å²) in [6.45, 7) is 2.69. The van der Waals surface area contributed by atoms with Gasteiger partial charge in [-0.3, -0.25) is 9.59 Å². The molecule has 1 saturated carbocycles. The molecule has 0 heterocycles. The van der Waals surface area contributed by atoms with Gasteiger partial charge in [0.15, 0.2) is 0 Å². The number of nitrogens with one attached hydrogen (secondary N) is 2. The molecule has 1 aliphatic carbocycles. The van der Waals surface area contributed by atoms with Crippen molar-refractivity contribution in [1.82, 2.24) is 5.32 Å². The molecular formula is C21H24N2O2S. The highest BCUT2D eigenvalue weighted by Crippen LogP contribution is 2.38. The van der Waals surface area contributed by atoms with E-state index in [2.05, 4.69) is 29.7 Å². The van der Waals surface area contributed by atoms with E-state index in [4.69, 9.17) is 0 Å². The molecule has 3 rings (SSSR count). The van der Waals surface area contributed by atoms with Crippen molar-refractivity contribution in [3.05, 3.63) is 65.7 Å². The van der Waals surface area contributed by atoms with E-state index in [0.29, 0.717) is 23.7 Å². The van der Waals surface area contributed by atoms with Crippen LogP contribution in [0.15, 0.2) is 54.6 Å². The first-order valence-electron chi connectivity index (χ1n) is 8.94. The molecule has 5 heteroatoms. The number of thioether (sulfide) groups is 1. The lowest BCUT2D eigenvalue weighted by atomic mass is 10.2. The summed E-state index contributed by atoms with van der Waals surface area (Å²) in [6, 6.07) is 17.4. The number of carbonyl (C=O) groups excluding carboxylic acids is 2. The highest BCUT2D eigenvalue weighted by molar-refractivity contribution is 7.98. The third kappa shape index (κ3) is 5.36. The van der Waals surface area contributed by atoms with Gasteiger partial charge in [-0.25, -0.2) is 0 Å². The second kappa shape index (κ2) is 8.90. The summed E-state index contributed by atoms with van der Waals surface area (Å²) in [5.41, 5.74) is 2.54. The summed E-state index contributed by atoms with van der Waals surface area (Å²) in [5, 5.41) is 5.84. The molecule has 2 atom stereocenters. The van der Waals surface area contributed by atoms with Gasteiger partial charge in [0.1, 0.15) is 0 Å². The highest BCUT2D eigenvalue weighted by atomic mass is 32.2. The molecule has 2 N–H and O–H groups in total. The van der Waals surface area contributed by atoms with Crippen LogP contribution in [0, 0.1) is 11.8 Å². The zero-order valence-electron chi connectivity index (χ0n) is 14.9. The van der Waals surface area contributed by atoms with E-state index in [0.717, 1.165) is 17.9 Å². The standard InChI is InChI=1S/C21H24N2O2S/c1-15-12-19(15)21(25)23-18-9-5-8-17(13-18)20(24)22-10-11-26-14-16-6-3-2-4-7-16/h2-9,13,15,19H,10-12,14H2,1H3,(H,22,24)(H,23,25)/t15-,19+/m1/s1. The van der Waals surface area contributed by atoms with Gasteiger partial charge < -0.3 is 10.6 Å². The highest BCUT2D eigenvalue weighted by Gasteiger charge is 2.39. The molecule has 0 radical (unpaired) electrons. The van der Waals surface area contributed by atoms with E-state index >= 15 is 0 Å². The van der Waals surface area contributed by atoms with Gasteiger partial charge in [0.25, 0.3) is 5.91 Å². The van der Waals surface area contributed by atoms with Crippen molar-refractivity contribution < 1.29 is 9.59 Å². The summed E-state index contributed by atoms with van der Waals surface area (Å²) in [7, 11) is 0. The number of hydrogen-bond donors (Lipinski definition) is 2. The van der Waals surface area contributed by atoms with Gasteiger partial charge in [-0.2, -0.15) is 11.8 Å². The van der Waals surface area contributed by atoms with Gasteiger partial charge in [-0.1, -0.05) is 43.3 Å². The van der Waals surface area contributed by atoms with Gasteiger partial charge in [0.2, 0.25) is 5.91 Å². The lowest BCUT2D eigenvalue weighted by molar-refractivity contribution is -0.117. The first kappa shape index (κ1) is 18.5. The van der Waals surface area contributed by atoms with Crippen LogP contribution in [0.4, 0.5) is 5.69 Å². The number of hydrogen-bond acceptors (Lipinski definition) is 3. The summed E-state index contributed by atoms with van der Waals surface area (Å²) < 4.78 is 0. The molecule has 0 aromatic heterocycles. The van der Waals surface area contributed by atoms with Gasteiger partial charge in [0.05, 0.1) is 0 Å². The number of rotatable bonds is 8. The normalized spacial score (nSPS) is 18.2. The Labute approximate surface area is 158 Å². The van der Waals surface area contributed by atoms with Crippen LogP contribution in [0.3, 0.4) is 0 Å². The Kier molecular flexibility index (Phi) is 6.34. The molecule has 0 bridgehead atoms. The molecule has 26 heavy (non-hydrogen) atoms. The maximum absolute atomic E-state index is 12.3. The predicted octanol–water partition coefficient (Wildman–Crippen LogP) is 3.94. The van der Waals surface area contributed by atoms with E-state index in [1.165, 1.54) is 5.56 Å². The van der Waals surface area contributed by atoms with E-state index in [1.54, 1.807) is 30.0 Å². The number of amides is 2. The Bertz CT molecular complexity index is 764. The van der Waals surface area contributed by atoms with E-state index in [1.807, 2.05) is 24.3 Å². The molecule has 0 saturated heterocycles. The molecule has 2 aromatic rings. The van der Waals surface area contributed by atoms with E-state index in [-0.39, 0.29) is 17.7 Å². The Morgan fingerprint density at radius 2 is 1.88 bits per heavy atom. The van der Waals surface area contributed by atoms with Crippen LogP contribution in [0.5, 0.6) is 0 Å². The molecular weight excluding hydrogens is 344 g/mol. The lowest BCUT2D eigenvalue weighted by Crippen LogP contribution is -2.26. The van der Waals surface area contributed by atoms with Crippen molar-refractivity contribution in [2.75, 3.05) is 17.6 Å². The number of benzene rings is 2. The third-order valence-corrected chi connectivity index (χ3v) is 5.51. The topological polar surface area (TPSA) is 58.2 Å². The van der Waals surface area contributed by atoms with Crippen molar-refractivity contribution in [1.29, 1.82) is 0 Å². The molecule has 1 aliphatic rings.